The lowest BCUT2D eigenvalue weighted by molar-refractivity contribution is 0.410. The van der Waals surface area contributed by atoms with Crippen molar-refractivity contribution in [3.05, 3.63) is 30.7 Å². The second kappa shape index (κ2) is 2.02. The van der Waals surface area contributed by atoms with E-state index in [2.05, 4.69) is 4.98 Å². The fraction of sp³-hybridized carbons (Fsp3) is 0. The molecule has 0 radical (unpaired) electrons. The number of hydrogen-bond donors (Lipinski definition) is 0. The molecule has 1 aromatic heterocycles. The molecule has 50 valence electrons. The maximum absolute atomic E-state index is 4.93. The average molecular weight is 134 g/mol. The van der Waals surface area contributed by atoms with Crippen LogP contribution < -0.4 is 0 Å². The van der Waals surface area contributed by atoms with Gasteiger partial charge in [-0.3, -0.25) is 0 Å². The molecule has 3 heteroatoms. The molecular weight excluding hydrogens is 128 g/mol. The van der Waals surface area contributed by atoms with Gasteiger partial charge in [0.1, 0.15) is 6.26 Å². The molecule has 0 saturated heterocycles. The molecule has 0 saturated carbocycles. The molecule has 0 aliphatic carbocycles. The van der Waals surface area contributed by atoms with E-state index in [1.165, 1.54) is 0 Å². The third kappa shape index (κ3) is 0.719. The number of rotatable bonds is 0. The summed E-state index contributed by atoms with van der Waals surface area (Å²) >= 11 is 0. The minimum atomic E-state index is 1.02. The van der Waals surface area contributed by atoms with E-state index in [1.807, 2.05) is 16.8 Å². The lowest BCUT2D eigenvalue weighted by Gasteiger charge is -1.90. The molecule has 0 N–H and O–H groups in total. The molecule has 3 nitrogen and oxygen atoms in total. The van der Waals surface area contributed by atoms with E-state index in [0.717, 1.165) is 5.69 Å². The highest BCUT2D eigenvalue weighted by atomic mass is 16.5. The summed E-state index contributed by atoms with van der Waals surface area (Å²) in [5.41, 5.74) is 1.02. The van der Waals surface area contributed by atoms with E-state index >= 15 is 0 Å². The molecule has 0 spiro atoms. The third-order valence-corrected chi connectivity index (χ3v) is 1.31. The van der Waals surface area contributed by atoms with E-state index in [9.17, 15) is 0 Å². The first-order valence-electron chi connectivity index (χ1n) is 2.97. The number of hydrogen-bond acceptors (Lipinski definition) is 2. The number of imidazole rings is 1. The highest BCUT2D eigenvalue weighted by Gasteiger charge is 1.95. The van der Waals surface area contributed by atoms with Crippen molar-refractivity contribution >= 4 is 12.3 Å². The van der Waals surface area contributed by atoms with Crippen molar-refractivity contribution in [3.63, 3.8) is 0 Å². The van der Waals surface area contributed by atoms with Gasteiger partial charge >= 0.3 is 0 Å². The molecule has 1 aromatic rings. The molecule has 1 aliphatic heterocycles. The number of ether oxygens (including phenoxy) is 1. The van der Waals surface area contributed by atoms with Crippen molar-refractivity contribution in [1.82, 2.24) is 9.55 Å². The second-order valence-electron chi connectivity index (χ2n) is 1.95. The molecule has 0 aromatic carbocycles. The number of nitrogens with zero attached hydrogens (tertiary/aromatic N) is 2. The standard InChI is InChI=1S/C7H6N2O/c1-3-10-4-2-9-6-8-5-7(1)9/h1-6H. The lowest BCUT2D eigenvalue weighted by atomic mass is 10.4. The normalized spacial score (nSPS) is 14.0. The Morgan fingerprint density at radius 3 is 3.40 bits per heavy atom. The fourth-order valence-electron chi connectivity index (χ4n) is 0.824. The van der Waals surface area contributed by atoms with Crippen LogP contribution in [0.2, 0.25) is 0 Å². The Bertz CT molecular complexity index is 259. The summed E-state index contributed by atoms with van der Waals surface area (Å²) in [6, 6.07) is 0. The highest BCUT2D eigenvalue weighted by Crippen LogP contribution is 2.05. The third-order valence-electron chi connectivity index (χ3n) is 1.31. The Hall–Kier alpha value is -1.51. The van der Waals surface area contributed by atoms with Crippen LogP contribution in [0.25, 0.3) is 12.3 Å². The summed E-state index contributed by atoms with van der Waals surface area (Å²) in [6.45, 7) is 0. The molecule has 0 amide bonds. The molecular formula is C7H6N2O. The van der Waals surface area contributed by atoms with Crippen LogP contribution in [0, 0.1) is 0 Å². The van der Waals surface area contributed by atoms with Gasteiger partial charge in [0.2, 0.25) is 0 Å². The van der Waals surface area contributed by atoms with Crippen LogP contribution >= 0.6 is 0 Å². The van der Waals surface area contributed by atoms with Crippen molar-refractivity contribution < 1.29 is 4.74 Å². The van der Waals surface area contributed by atoms with Crippen LogP contribution in [-0.2, 0) is 4.74 Å². The summed E-state index contributed by atoms with van der Waals surface area (Å²) in [5.74, 6) is 0. The van der Waals surface area contributed by atoms with Crippen molar-refractivity contribution in [2.24, 2.45) is 0 Å². The average Bonchev–Trinajstić information content (AvgIpc) is 2.28. The largest absolute Gasteiger partial charge is 0.471 e. The minimum Gasteiger partial charge on any atom is -0.471 e. The molecule has 10 heavy (non-hydrogen) atoms. The first-order valence-corrected chi connectivity index (χ1v) is 2.97. The summed E-state index contributed by atoms with van der Waals surface area (Å²) in [7, 11) is 0. The maximum Gasteiger partial charge on any atom is 0.107 e. The zero-order valence-corrected chi connectivity index (χ0v) is 5.27. The first kappa shape index (κ1) is 5.29. The summed E-state index contributed by atoms with van der Waals surface area (Å²) in [5, 5.41) is 0. The summed E-state index contributed by atoms with van der Waals surface area (Å²) in [4.78, 5) is 3.95. The number of aromatic nitrogens is 2. The predicted molar refractivity (Wildman–Crippen MR) is 37.7 cm³/mol. The quantitative estimate of drug-likeness (QED) is 0.535. The molecule has 0 bridgehead atoms. The van der Waals surface area contributed by atoms with Crippen LogP contribution in [0.5, 0.6) is 0 Å². The number of fused-ring (bicyclic) bond motifs is 1. The molecule has 2 rings (SSSR count). The smallest absolute Gasteiger partial charge is 0.107 e. The Balaban J connectivity index is 2.56. The summed E-state index contributed by atoms with van der Waals surface area (Å²) in [6.07, 6.45) is 10.4. The van der Waals surface area contributed by atoms with Gasteiger partial charge in [-0.05, 0) is 6.08 Å². The molecule has 2 heterocycles. The lowest BCUT2D eigenvalue weighted by Crippen LogP contribution is -1.83. The first-order chi connectivity index (χ1) is 4.97. The van der Waals surface area contributed by atoms with Gasteiger partial charge in [0, 0.05) is 6.20 Å². The van der Waals surface area contributed by atoms with E-state index in [4.69, 9.17) is 4.74 Å². The van der Waals surface area contributed by atoms with Gasteiger partial charge in [0.05, 0.1) is 24.5 Å². The van der Waals surface area contributed by atoms with Gasteiger partial charge in [-0.1, -0.05) is 0 Å². The van der Waals surface area contributed by atoms with E-state index in [1.54, 1.807) is 25.0 Å². The Morgan fingerprint density at radius 2 is 2.40 bits per heavy atom. The van der Waals surface area contributed by atoms with Crippen molar-refractivity contribution in [2.75, 3.05) is 0 Å². The predicted octanol–water partition coefficient (Wildman–Crippen LogP) is 1.31. The molecule has 0 unspecified atom stereocenters. The molecule has 1 aliphatic rings. The second-order valence-corrected chi connectivity index (χ2v) is 1.95. The maximum atomic E-state index is 4.93. The molecule has 0 fully saturated rings. The minimum absolute atomic E-state index is 1.02. The van der Waals surface area contributed by atoms with Gasteiger partial charge in [0.25, 0.3) is 0 Å². The van der Waals surface area contributed by atoms with Crippen LogP contribution in [0.15, 0.2) is 25.0 Å². The van der Waals surface area contributed by atoms with E-state index in [-0.39, 0.29) is 0 Å². The van der Waals surface area contributed by atoms with Gasteiger partial charge in [-0.25, -0.2) is 4.98 Å². The van der Waals surface area contributed by atoms with Crippen LogP contribution in [0.3, 0.4) is 0 Å². The monoisotopic (exact) mass is 134 g/mol. The Morgan fingerprint density at radius 1 is 1.40 bits per heavy atom. The van der Waals surface area contributed by atoms with Crippen molar-refractivity contribution in [3.8, 4) is 0 Å². The van der Waals surface area contributed by atoms with Gasteiger partial charge in [-0.15, -0.1) is 0 Å². The van der Waals surface area contributed by atoms with Gasteiger partial charge in [-0.2, -0.15) is 0 Å². The van der Waals surface area contributed by atoms with Gasteiger partial charge in [0.15, 0.2) is 0 Å². The fourth-order valence-corrected chi connectivity index (χ4v) is 0.824. The zero-order valence-electron chi connectivity index (χ0n) is 5.27. The van der Waals surface area contributed by atoms with E-state index < -0.39 is 0 Å². The zero-order chi connectivity index (χ0) is 6.81. The van der Waals surface area contributed by atoms with Crippen LogP contribution in [-0.4, -0.2) is 9.55 Å². The summed E-state index contributed by atoms with van der Waals surface area (Å²) < 4.78 is 6.80. The highest BCUT2D eigenvalue weighted by molar-refractivity contribution is 5.48. The van der Waals surface area contributed by atoms with Crippen molar-refractivity contribution in [2.45, 2.75) is 0 Å². The van der Waals surface area contributed by atoms with Crippen LogP contribution in [0.1, 0.15) is 5.69 Å². The Labute approximate surface area is 58.3 Å². The topological polar surface area (TPSA) is 27.1 Å². The van der Waals surface area contributed by atoms with Gasteiger partial charge < -0.3 is 9.30 Å². The molecule has 0 atom stereocenters. The van der Waals surface area contributed by atoms with Crippen LogP contribution in [0.4, 0.5) is 0 Å². The van der Waals surface area contributed by atoms with E-state index in [0.29, 0.717) is 0 Å². The SMILES string of the molecule is C1=Cc2cncn2C=CO1. The Kier molecular flexibility index (Phi) is 1.07. The van der Waals surface area contributed by atoms with Crippen molar-refractivity contribution in [1.29, 1.82) is 0 Å².